The van der Waals surface area contributed by atoms with E-state index in [0.717, 1.165) is 11.1 Å². The summed E-state index contributed by atoms with van der Waals surface area (Å²) in [5, 5.41) is 0.953. The third-order valence-corrected chi connectivity index (χ3v) is 3.60. The zero-order valence-corrected chi connectivity index (χ0v) is 13.2. The molecule has 0 saturated carbocycles. The van der Waals surface area contributed by atoms with E-state index in [0.29, 0.717) is 33.4 Å². The molecule has 0 atom stereocenters. The molecule has 2 aromatic rings. The van der Waals surface area contributed by atoms with Crippen molar-refractivity contribution in [2.24, 2.45) is 0 Å². The lowest BCUT2D eigenvalue weighted by atomic mass is 10.1. The normalized spacial score (nSPS) is 10.3. The minimum Gasteiger partial charge on any atom is -0.493 e. The van der Waals surface area contributed by atoms with E-state index in [9.17, 15) is 4.79 Å². The summed E-state index contributed by atoms with van der Waals surface area (Å²) in [6, 6.07) is 8.83. The van der Waals surface area contributed by atoms with Gasteiger partial charge in [-0.05, 0) is 30.7 Å². The van der Waals surface area contributed by atoms with Crippen LogP contribution in [-0.4, -0.2) is 13.4 Å². The Morgan fingerprint density at radius 1 is 1.14 bits per heavy atom. The van der Waals surface area contributed by atoms with Crippen LogP contribution >= 0.6 is 23.2 Å². The van der Waals surface area contributed by atoms with Gasteiger partial charge >= 0.3 is 0 Å². The molecule has 0 N–H and O–H groups in total. The molecule has 0 spiro atoms. The highest BCUT2D eigenvalue weighted by Crippen LogP contribution is 2.37. The largest absolute Gasteiger partial charge is 0.493 e. The van der Waals surface area contributed by atoms with Crippen molar-refractivity contribution >= 4 is 29.5 Å². The maximum atomic E-state index is 10.8. The number of aryl methyl sites for hydroxylation is 1. The lowest BCUT2D eigenvalue weighted by molar-refractivity contribution is 0.112. The molecule has 2 rings (SSSR count). The summed E-state index contributed by atoms with van der Waals surface area (Å²) in [5.74, 6) is 0.800. The van der Waals surface area contributed by atoms with Gasteiger partial charge in [-0.1, -0.05) is 35.3 Å². The van der Waals surface area contributed by atoms with E-state index in [-0.39, 0.29) is 6.61 Å². The van der Waals surface area contributed by atoms with E-state index >= 15 is 0 Å². The Kier molecular flexibility index (Phi) is 5.10. The van der Waals surface area contributed by atoms with E-state index < -0.39 is 0 Å². The van der Waals surface area contributed by atoms with Crippen molar-refractivity contribution < 1.29 is 14.3 Å². The number of hydrogen-bond donors (Lipinski definition) is 0. The molecule has 2 aromatic carbocycles. The van der Waals surface area contributed by atoms with E-state index in [4.69, 9.17) is 32.7 Å². The predicted molar refractivity (Wildman–Crippen MR) is 83.9 cm³/mol. The Balaban J connectivity index is 2.25. The summed E-state index contributed by atoms with van der Waals surface area (Å²) in [7, 11) is 1.49. The molecule has 0 fully saturated rings. The number of rotatable bonds is 5. The van der Waals surface area contributed by atoms with E-state index in [1.165, 1.54) is 13.2 Å². The SMILES string of the molecule is COc1cc(C=O)cc(Cl)c1OCc1ccc(C)cc1Cl. The topological polar surface area (TPSA) is 35.5 Å². The van der Waals surface area contributed by atoms with Crippen molar-refractivity contribution in [2.75, 3.05) is 7.11 Å². The van der Waals surface area contributed by atoms with E-state index in [1.54, 1.807) is 6.07 Å². The van der Waals surface area contributed by atoms with Crippen LogP contribution in [0.1, 0.15) is 21.5 Å². The quantitative estimate of drug-likeness (QED) is 0.747. The van der Waals surface area contributed by atoms with Gasteiger partial charge in [-0.2, -0.15) is 0 Å². The Hall–Kier alpha value is -1.71. The van der Waals surface area contributed by atoms with Gasteiger partial charge in [0.25, 0.3) is 0 Å². The Bertz CT molecular complexity index is 669. The van der Waals surface area contributed by atoms with Crippen molar-refractivity contribution in [3.63, 3.8) is 0 Å². The van der Waals surface area contributed by atoms with Crippen LogP contribution in [0.25, 0.3) is 0 Å². The van der Waals surface area contributed by atoms with Crippen LogP contribution in [-0.2, 0) is 6.61 Å². The molecule has 5 heteroatoms. The van der Waals surface area contributed by atoms with Crippen LogP contribution in [0.2, 0.25) is 10.0 Å². The van der Waals surface area contributed by atoms with Crippen LogP contribution in [0.4, 0.5) is 0 Å². The molecular weight excluding hydrogens is 311 g/mol. The van der Waals surface area contributed by atoms with Crippen LogP contribution in [0.3, 0.4) is 0 Å². The number of ether oxygens (including phenoxy) is 2. The lowest BCUT2D eigenvalue weighted by Crippen LogP contribution is -2.00. The first-order valence-electron chi connectivity index (χ1n) is 6.25. The second-order valence-corrected chi connectivity index (χ2v) is 5.35. The smallest absolute Gasteiger partial charge is 0.180 e. The fourth-order valence-corrected chi connectivity index (χ4v) is 2.43. The predicted octanol–water partition coefficient (Wildman–Crippen LogP) is 4.70. The van der Waals surface area contributed by atoms with Crippen LogP contribution in [0.5, 0.6) is 11.5 Å². The van der Waals surface area contributed by atoms with Gasteiger partial charge in [-0.15, -0.1) is 0 Å². The van der Waals surface area contributed by atoms with Crippen molar-refractivity contribution in [1.29, 1.82) is 0 Å². The van der Waals surface area contributed by atoms with Crippen LogP contribution in [0.15, 0.2) is 30.3 Å². The lowest BCUT2D eigenvalue weighted by Gasteiger charge is -2.13. The fourth-order valence-electron chi connectivity index (χ4n) is 1.87. The minimum atomic E-state index is 0.260. The molecule has 0 aliphatic heterocycles. The van der Waals surface area contributed by atoms with Crippen LogP contribution in [0, 0.1) is 6.92 Å². The second-order valence-electron chi connectivity index (χ2n) is 4.54. The maximum Gasteiger partial charge on any atom is 0.180 e. The van der Waals surface area contributed by atoms with Gasteiger partial charge < -0.3 is 9.47 Å². The van der Waals surface area contributed by atoms with E-state index in [2.05, 4.69) is 0 Å². The summed E-state index contributed by atoms with van der Waals surface area (Å²) < 4.78 is 10.9. The highest BCUT2D eigenvalue weighted by Gasteiger charge is 2.13. The molecule has 0 aromatic heterocycles. The summed E-state index contributed by atoms with van der Waals surface area (Å²) >= 11 is 12.3. The molecule has 110 valence electrons. The van der Waals surface area contributed by atoms with Gasteiger partial charge in [0, 0.05) is 16.1 Å². The second kappa shape index (κ2) is 6.83. The van der Waals surface area contributed by atoms with Gasteiger partial charge in [-0.25, -0.2) is 0 Å². The minimum absolute atomic E-state index is 0.260. The number of carbonyl (C=O) groups excluding carboxylic acids is 1. The molecule has 0 bridgehead atoms. The standard InChI is InChI=1S/C16H14Cl2O3/c1-10-3-4-12(13(17)5-10)9-21-16-14(18)6-11(8-19)7-15(16)20-2/h3-8H,9H2,1-2H3. The summed E-state index contributed by atoms with van der Waals surface area (Å²) in [4.78, 5) is 10.8. The van der Waals surface area contributed by atoms with Gasteiger partial charge in [-0.3, -0.25) is 4.79 Å². The molecule has 21 heavy (non-hydrogen) atoms. The molecule has 0 aliphatic rings. The van der Waals surface area contributed by atoms with Gasteiger partial charge in [0.05, 0.1) is 12.1 Å². The Morgan fingerprint density at radius 2 is 1.90 bits per heavy atom. The first kappa shape index (κ1) is 15.7. The number of aldehydes is 1. The van der Waals surface area contributed by atoms with Crippen molar-refractivity contribution in [3.8, 4) is 11.5 Å². The summed E-state index contributed by atoms with van der Waals surface area (Å²) in [6.07, 6.45) is 0.703. The molecule has 0 saturated heterocycles. The van der Waals surface area contributed by atoms with Crippen molar-refractivity contribution in [2.45, 2.75) is 13.5 Å². The monoisotopic (exact) mass is 324 g/mol. The Labute approximate surface area is 133 Å². The molecule has 0 heterocycles. The third-order valence-electron chi connectivity index (χ3n) is 2.97. The zero-order valence-electron chi connectivity index (χ0n) is 11.7. The highest BCUT2D eigenvalue weighted by molar-refractivity contribution is 6.32. The van der Waals surface area contributed by atoms with Crippen molar-refractivity contribution in [3.05, 3.63) is 57.1 Å². The number of halogens is 2. The molecule has 0 radical (unpaired) electrons. The number of benzene rings is 2. The molecule has 0 aliphatic carbocycles. The van der Waals surface area contributed by atoms with E-state index in [1.807, 2.05) is 25.1 Å². The highest BCUT2D eigenvalue weighted by atomic mass is 35.5. The zero-order chi connectivity index (χ0) is 15.4. The third kappa shape index (κ3) is 3.69. The fraction of sp³-hybridized carbons (Fsp3) is 0.188. The number of hydrogen-bond acceptors (Lipinski definition) is 3. The first-order valence-corrected chi connectivity index (χ1v) is 7.01. The molecular formula is C16H14Cl2O3. The maximum absolute atomic E-state index is 10.8. The van der Waals surface area contributed by atoms with Gasteiger partial charge in [0.15, 0.2) is 11.5 Å². The summed E-state index contributed by atoms with van der Waals surface area (Å²) in [5.41, 5.74) is 2.35. The molecule has 0 amide bonds. The van der Waals surface area contributed by atoms with Gasteiger partial charge in [0.1, 0.15) is 12.9 Å². The first-order chi connectivity index (χ1) is 10.0. The van der Waals surface area contributed by atoms with Crippen molar-refractivity contribution in [1.82, 2.24) is 0 Å². The van der Waals surface area contributed by atoms with Gasteiger partial charge in [0.2, 0.25) is 0 Å². The summed E-state index contributed by atoms with van der Waals surface area (Å²) in [6.45, 7) is 2.23. The average molecular weight is 325 g/mol. The van der Waals surface area contributed by atoms with Crippen LogP contribution < -0.4 is 9.47 Å². The number of carbonyl (C=O) groups is 1. The molecule has 0 unspecified atom stereocenters. The number of methoxy groups -OCH3 is 1. The molecule has 3 nitrogen and oxygen atoms in total. The Morgan fingerprint density at radius 3 is 2.52 bits per heavy atom. The average Bonchev–Trinajstić information content (AvgIpc) is 2.46.